The van der Waals surface area contributed by atoms with Crippen LogP contribution in [0.15, 0.2) is 0 Å². The summed E-state index contributed by atoms with van der Waals surface area (Å²) in [6.45, 7) is 0. The van der Waals surface area contributed by atoms with Crippen LogP contribution in [0.25, 0.3) is 0 Å². The molecule has 0 unspecified atom stereocenters. The zero-order valence-corrected chi connectivity index (χ0v) is 11.8. The first kappa shape index (κ1) is 20.4. The van der Waals surface area contributed by atoms with Crippen molar-refractivity contribution >= 4 is 61.6 Å². The Hall–Kier alpha value is 1.03. The van der Waals surface area contributed by atoms with Crippen molar-refractivity contribution in [3.63, 3.8) is 0 Å². The summed E-state index contributed by atoms with van der Waals surface area (Å²) in [6.07, 6.45) is 0.683. The molecule has 14 heavy (non-hydrogen) atoms. The Bertz CT molecular complexity index is 192. The van der Waals surface area contributed by atoms with E-state index in [1.165, 1.54) is 11.8 Å². The monoisotopic (exact) mass is 291 g/mol. The molecule has 0 aliphatic carbocycles. The Morgan fingerprint density at radius 3 is 2.50 bits per heavy atom. The number of carboxylic acid groups (broad SMARTS) is 1. The summed E-state index contributed by atoms with van der Waals surface area (Å²) in [6, 6.07) is -0.839. The number of hydrogen-bond acceptors (Lipinski definition) is 5. The van der Waals surface area contributed by atoms with Crippen molar-refractivity contribution in [2.75, 3.05) is 12.0 Å². The second-order valence-electron chi connectivity index (χ2n) is 2.07. The summed E-state index contributed by atoms with van der Waals surface area (Å²) in [7, 11) is 0. The van der Waals surface area contributed by atoms with Crippen molar-refractivity contribution in [3.8, 4) is 0 Å². The van der Waals surface area contributed by atoms with E-state index in [2.05, 4.69) is 4.74 Å². The van der Waals surface area contributed by atoms with Gasteiger partial charge in [-0.1, -0.05) is 0 Å². The van der Waals surface area contributed by atoms with Gasteiger partial charge in [-0.3, -0.25) is 0 Å². The van der Waals surface area contributed by atoms with Crippen LogP contribution in [0.4, 0.5) is 4.79 Å². The number of esters is 1. The maximum Gasteiger partial charge on any atom is 2.00 e. The van der Waals surface area contributed by atoms with Gasteiger partial charge in [0.25, 0.3) is 0 Å². The summed E-state index contributed by atoms with van der Waals surface area (Å²) < 4.78 is 3.85. The molecule has 0 aromatic carbocycles. The summed E-state index contributed by atoms with van der Waals surface area (Å²) in [4.78, 5) is 20.6. The van der Waals surface area contributed by atoms with Crippen molar-refractivity contribution in [2.45, 2.75) is 12.5 Å². The molecular weight excluding hydrogens is 278 g/mol. The molecule has 0 bridgehead atoms. The molecule has 0 radical (unpaired) electrons. The molecule has 0 fully saturated rings. The van der Waals surface area contributed by atoms with E-state index in [1.54, 1.807) is 0 Å². The van der Waals surface area contributed by atoms with Gasteiger partial charge in [-0.2, -0.15) is 11.8 Å². The van der Waals surface area contributed by atoms with Crippen molar-refractivity contribution in [1.82, 2.24) is 0 Å². The molecule has 0 saturated carbocycles. The first-order chi connectivity index (χ1) is 5.57. The summed E-state index contributed by atoms with van der Waals surface area (Å²) >= 11 is 1.53. The van der Waals surface area contributed by atoms with E-state index >= 15 is 0 Å². The largest absolute Gasteiger partial charge is 2.00 e. The fraction of sp³-hybridized carbons (Fsp3) is 0.667. The first-order valence-electron chi connectivity index (χ1n) is 3.27. The van der Waals surface area contributed by atoms with Crippen LogP contribution in [-0.4, -0.2) is 73.0 Å². The Morgan fingerprint density at radius 2 is 2.14 bits per heavy atom. The fourth-order valence-corrected chi connectivity index (χ4v) is 1.01. The van der Waals surface area contributed by atoms with E-state index in [9.17, 15) is 9.59 Å². The van der Waals surface area contributed by atoms with Crippen LogP contribution >= 0.6 is 11.8 Å². The third-order valence-electron chi connectivity index (χ3n) is 1.12. The van der Waals surface area contributed by atoms with Gasteiger partial charge in [0.1, 0.15) is 6.04 Å². The van der Waals surface area contributed by atoms with E-state index in [4.69, 9.17) is 10.8 Å². The first-order valence-corrected chi connectivity index (χ1v) is 4.66. The summed E-state index contributed by atoms with van der Waals surface area (Å²) in [5, 5.41) is 8.05. The van der Waals surface area contributed by atoms with Crippen LogP contribution in [-0.2, 0) is 26.6 Å². The molecule has 0 aliphatic rings. The minimum atomic E-state index is -1.61. The minimum Gasteiger partial charge on any atom is -1.00 e. The minimum absolute atomic E-state index is 0. The van der Waals surface area contributed by atoms with Gasteiger partial charge in [-0.15, -0.1) is 0 Å². The van der Waals surface area contributed by atoms with Crippen LogP contribution < -0.4 is 5.73 Å². The molecule has 0 aliphatic heterocycles. The van der Waals surface area contributed by atoms with Crippen LogP contribution in [0.3, 0.4) is 0 Å². The standard InChI is InChI=1S/C6H11NO4S.Ca.Fe.2H/c1-12-3-2-4(7)5(8)11-6(9)10;;;;/h4H,2-3,7H2,1H3,(H,9,10);;;;/q;+2;;2*-1/t4-;;;;/m0..../s1. The third-order valence-corrected chi connectivity index (χ3v) is 1.77. The molecule has 0 saturated heterocycles. The average Bonchev–Trinajstić information content (AvgIpc) is 1.98. The van der Waals surface area contributed by atoms with Gasteiger partial charge in [0.2, 0.25) is 0 Å². The molecule has 1 atom stereocenters. The van der Waals surface area contributed by atoms with Crippen LogP contribution in [0.2, 0.25) is 0 Å². The zero-order chi connectivity index (χ0) is 9.56. The van der Waals surface area contributed by atoms with Crippen molar-refractivity contribution in [2.24, 2.45) is 5.73 Å². The smallest absolute Gasteiger partial charge is 1.00 e. The Morgan fingerprint density at radius 1 is 1.64 bits per heavy atom. The number of rotatable bonds is 4. The molecule has 8 heteroatoms. The predicted molar refractivity (Wildman–Crippen MR) is 53.1 cm³/mol. The Balaban J connectivity index is -0.000000101. The molecule has 0 aromatic heterocycles. The van der Waals surface area contributed by atoms with Gasteiger partial charge in [0, 0.05) is 17.1 Å². The van der Waals surface area contributed by atoms with Crippen molar-refractivity contribution in [1.29, 1.82) is 0 Å². The quantitative estimate of drug-likeness (QED) is 0.435. The number of ether oxygens (including phenoxy) is 1. The van der Waals surface area contributed by atoms with Crippen molar-refractivity contribution < 1.29 is 39.4 Å². The third kappa shape index (κ3) is 11.1. The van der Waals surface area contributed by atoms with E-state index in [-0.39, 0.29) is 57.7 Å². The number of hydrogen-bond donors (Lipinski definition) is 2. The number of carbonyl (C=O) groups is 2. The summed E-state index contributed by atoms with van der Waals surface area (Å²) in [5.74, 6) is -0.188. The predicted octanol–water partition coefficient (Wildman–Crippen LogP) is 0.130. The van der Waals surface area contributed by atoms with Gasteiger partial charge in [-0.25, -0.2) is 9.59 Å². The van der Waals surface area contributed by atoms with Crippen LogP contribution in [0.5, 0.6) is 0 Å². The molecule has 0 spiro atoms. The van der Waals surface area contributed by atoms with E-state index < -0.39 is 18.2 Å². The van der Waals surface area contributed by atoms with E-state index in [1.807, 2.05) is 6.26 Å². The maximum absolute atomic E-state index is 10.7. The van der Waals surface area contributed by atoms with E-state index in [0.717, 1.165) is 0 Å². The normalized spacial score (nSPS) is 10.4. The fourth-order valence-electron chi connectivity index (χ4n) is 0.524. The second-order valence-corrected chi connectivity index (χ2v) is 3.06. The topological polar surface area (TPSA) is 89.6 Å². The molecule has 0 heterocycles. The molecule has 0 amide bonds. The number of carbonyl (C=O) groups excluding carboxylic acids is 1. The van der Waals surface area contributed by atoms with Gasteiger partial charge in [0.15, 0.2) is 0 Å². The molecule has 3 N–H and O–H groups in total. The molecule has 0 aromatic rings. The molecule has 5 nitrogen and oxygen atoms in total. The van der Waals surface area contributed by atoms with Crippen molar-refractivity contribution in [3.05, 3.63) is 0 Å². The van der Waals surface area contributed by atoms with E-state index in [0.29, 0.717) is 12.2 Å². The van der Waals surface area contributed by atoms with Crippen LogP contribution in [0.1, 0.15) is 9.27 Å². The number of nitrogens with two attached hydrogens (primary N) is 1. The number of thioether (sulfide) groups is 1. The second kappa shape index (κ2) is 12.1. The van der Waals surface area contributed by atoms with Crippen LogP contribution in [0, 0.1) is 0 Å². The SMILES string of the molecule is CSCC[C@H](N)C(=O)OC(=O)O.[Ca+2].[Fe].[H-].[H-]. The maximum atomic E-state index is 10.7. The zero-order valence-electron chi connectivity index (χ0n) is 9.71. The average molecular weight is 291 g/mol. The molecule has 0 rings (SSSR count). The Labute approximate surface area is 130 Å². The van der Waals surface area contributed by atoms with Gasteiger partial charge >= 0.3 is 49.9 Å². The van der Waals surface area contributed by atoms with Gasteiger partial charge in [-0.05, 0) is 18.4 Å². The summed E-state index contributed by atoms with van der Waals surface area (Å²) in [5.41, 5.74) is 5.30. The Kier molecular flexibility index (Phi) is 17.7. The van der Waals surface area contributed by atoms with Gasteiger partial charge < -0.3 is 18.4 Å². The molecular formula is C6H13CaFeNO4S. The molecule has 82 valence electrons. The van der Waals surface area contributed by atoms with Gasteiger partial charge in [0.05, 0.1) is 0 Å².